The average Bonchev–Trinajstić information content (AvgIpc) is 2.97. The summed E-state index contributed by atoms with van der Waals surface area (Å²) < 4.78 is 28.1. The number of hydrazine groups is 1. The molecule has 0 aromatic heterocycles. The van der Waals surface area contributed by atoms with E-state index in [-0.39, 0.29) is 27.5 Å². The van der Waals surface area contributed by atoms with Crippen LogP contribution in [0.3, 0.4) is 0 Å². The highest BCUT2D eigenvalue weighted by Crippen LogP contribution is 2.43. The first kappa shape index (κ1) is 18.8. The number of nitrogens with two attached hydrogens (primary N) is 1. The Morgan fingerprint density at radius 2 is 1.93 bits per heavy atom. The molecule has 1 atom stereocenters. The van der Waals surface area contributed by atoms with Gasteiger partial charge in [-0.05, 0) is 31.2 Å². The third-order valence-electron chi connectivity index (χ3n) is 4.05. The molecule has 6 nitrogen and oxygen atoms in total. The second-order valence-corrected chi connectivity index (χ2v) is 6.12. The van der Waals surface area contributed by atoms with Crippen LogP contribution in [0.25, 0.3) is 0 Å². The fourth-order valence-corrected chi connectivity index (χ4v) is 3.15. The molecule has 3 N–H and O–H groups in total. The number of carbonyl (C=O) groups excluding carboxylic acids is 2. The van der Waals surface area contributed by atoms with E-state index in [0.29, 0.717) is 5.06 Å². The number of ketones is 1. The summed E-state index contributed by atoms with van der Waals surface area (Å²) in [5.41, 5.74) is 1.69. The molecule has 0 bridgehead atoms. The highest BCUT2D eigenvalue weighted by atomic mass is 35.5. The van der Waals surface area contributed by atoms with Crippen LogP contribution in [0.2, 0.25) is 5.02 Å². The van der Waals surface area contributed by atoms with Gasteiger partial charge in [0.2, 0.25) is 0 Å². The number of amides is 2. The maximum atomic E-state index is 14.5. The van der Waals surface area contributed by atoms with Crippen LogP contribution in [0.4, 0.5) is 13.6 Å². The Kier molecular flexibility index (Phi) is 5.11. The molecule has 2 amide bonds. The SMILES string of the molecule is CC1=C(C(=O)c2cccc(F)c2)C(c2c(F)cccc2Cl)N(C(=O)NN)O1. The van der Waals surface area contributed by atoms with Gasteiger partial charge in [0.05, 0.1) is 5.57 Å². The third kappa shape index (κ3) is 3.36. The van der Waals surface area contributed by atoms with Gasteiger partial charge in [-0.25, -0.2) is 19.4 Å². The second kappa shape index (κ2) is 7.34. The predicted octanol–water partition coefficient (Wildman–Crippen LogP) is 3.65. The lowest BCUT2D eigenvalue weighted by Crippen LogP contribution is -2.43. The Balaban J connectivity index is 2.17. The van der Waals surface area contributed by atoms with Crippen LogP contribution in [-0.2, 0) is 4.84 Å². The fraction of sp³-hybridized carbons (Fsp3) is 0.111. The molecule has 0 radical (unpaired) electrons. The van der Waals surface area contributed by atoms with Gasteiger partial charge in [0.25, 0.3) is 0 Å². The number of hydrogen-bond donors (Lipinski definition) is 2. The van der Waals surface area contributed by atoms with Crippen molar-refractivity contribution in [3.8, 4) is 0 Å². The molecule has 1 aliphatic rings. The molecule has 0 saturated carbocycles. The molecular weight excluding hydrogens is 380 g/mol. The van der Waals surface area contributed by atoms with E-state index in [2.05, 4.69) is 0 Å². The standard InChI is InChI=1S/C18H14ClF2N3O3/c1-9-14(17(25)10-4-2-5-11(20)8-10)16(24(27-9)18(26)23-22)15-12(19)6-3-7-13(15)21/h2-8,16H,22H2,1H3,(H,23,26). The van der Waals surface area contributed by atoms with Crippen molar-refractivity contribution in [2.45, 2.75) is 13.0 Å². The van der Waals surface area contributed by atoms with Gasteiger partial charge in [-0.3, -0.25) is 10.2 Å². The van der Waals surface area contributed by atoms with Gasteiger partial charge in [0.1, 0.15) is 23.4 Å². The zero-order chi connectivity index (χ0) is 19.7. The first-order valence-electron chi connectivity index (χ1n) is 7.78. The summed E-state index contributed by atoms with van der Waals surface area (Å²) in [5, 5.41) is 0.698. The normalized spacial score (nSPS) is 16.3. The van der Waals surface area contributed by atoms with E-state index in [1.807, 2.05) is 5.43 Å². The van der Waals surface area contributed by atoms with E-state index in [4.69, 9.17) is 22.3 Å². The molecule has 27 heavy (non-hydrogen) atoms. The Hall–Kier alpha value is -2.97. The number of hydrogen-bond acceptors (Lipinski definition) is 4. The van der Waals surface area contributed by atoms with Crippen molar-refractivity contribution in [2.24, 2.45) is 5.84 Å². The number of nitrogens with zero attached hydrogens (tertiary/aromatic N) is 1. The van der Waals surface area contributed by atoms with E-state index in [0.717, 1.165) is 12.1 Å². The minimum Gasteiger partial charge on any atom is -0.379 e. The van der Waals surface area contributed by atoms with Crippen LogP contribution in [0.1, 0.15) is 28.9 Å². The molecule has 9 heteroatoms. The first-order chi connectivity index (χ1) is 12.8. The van der Waals surface area contributed by atoms with Gasteiger partial charge in [-0.15, -0.1) is 5.06 Å². The van der Waals surface area contributed by atoms with Gasteiger partial charge >= 0.3 is 6.03 Å². The molecular formula is C18H14ClF2N3O3. The number of hydroxylamine groups is 2. The van der Waals surface area contributed by atoms with Crippen molar-refractivity contribution in [2.75, 3.05) is 0 Å². The molecule has 1 aliphatic heterocycles. The van der Waals surface area contributed by atoms with Gasteiger partial charge in [0.15, 0.2) is 5.78 Å². The monoisotopic (exact) mass is 393 g/mol. The number of urea groups is 1. The summed E-state index contributed by atoms with van der Waals surface area (Å²) in [5.74, 6) is 3.21. The maximum absolute atomic E-state index is 14.5. The van der Waals surface area contributed by atoms with E-state index >= 15 is 0 Å². The Labute approximate surface area is 158 Å². The number of Topliss-reactive ketones (excluding diaryl/α,β-unsaturated/α-hetero) is 1. The Bertz CT molecular complexity index is 944. The van der Waals surface area contributed by atoms with Crippen LogP contribution in [-0.4, -0.2) is 16.9 Å². The molecule has 3 rings (SSSR count). The topological polar surface area (TPSA) is 84.7 Å². The van der Waals surface area contributed by atoms with Gasteiger partial charge in [0, 0.05) is 16.1 Å². The summed E-state index contributed by atoms with van der Waals surface area (Å²) in [4.78, 5) is 30.5. The van der Waals surface area contributed by atoms with Crippen molar-refractivity contribution in [3.05, 3.63) is 81.6 Å². The van der Waals surface area contributed by atoms with Crippen molar-refractivity contribution < 1.29 is 23.2 Å². The van der Waals surface area contributed by atoms with Gasteiger partial charge in [-0.2, -0.15) is 0 Å². The minimum atomic E-state index is -1.31. The van der Waals surface area contributed by atoms with Gasteiger partial charge in [-0.1, -0.05) is 29.8 Å². The van der Waals surface area contributed by atoms with E-state index < -0.39 is 29.5 Å². The number of carbonyl (C=O) groups is 2. The number of halogens is 3. The maximum Gasteiger partial charge on any atom is 0.365 e. The molecule has 0 spiro atoms. The second-order valence-electron chi connectivity index (χ2n) is 5.71. The third-order valence-corrected chi connectivity index (χ3v) is 4.38. The molecule has 2 aromatic rings. The largest absolute Gasteiger partial charge is 0.379 e. The molecule has 1 heterocycles. The van der Waals surface area contributed by atoms with E-state index in [9.17, 15) is 18.4 Å². The van der Waals surface area contributed by atoms with Crippen molar-refractivity contribution in [1.29, 1.82) is 0 Å². The highest BCUT2D eigenvalue weighted by molar-refractivity contribution is 6.31. The Morgan fingerprint density at radius 3 is 2.56 bits per heavy atom. The number of allylic oxidation sites excluding steroid dienone is 1. The Morgan fingerprint density at radius 1 is 1.22 bits per heavy atom. The quantitative estimate of drug-likeness (QED) is 0.361. The van der Waals surface area contributed by atoms with Crippen LogP contribution < -0.4 is 11.3 Å². The molecule has 140 valence electrons. The summed E-state index contributed by atoms with van der Waals surface area (Å²) >= 11 is 6.13. The first-order valence-corrected chi connectivity index (χ1v) is 8.15. The van der Waals surface area contributed by atoms with Gasteiger partial charge < -0.3 is 4.84 Å². The van der Waals surface area contributed by atoms with Crippen LogP contribution >= 0.6 is 11.6 Å². The molecule has 2 aromatic carbocycles. The zero-order valence-corrected chi connectivity index (χ0v) is 14.8. The zero-order valence-electron chi connectivity index (χ0n) is 14.0. The smallest absolute Gasteiger partial charge is 0.365 e. The van der Waals surface area contributed by atoms with Crippen LogP contribution in [0, 0.1) is 11.6 Å². The number of rotatable bonds is 3. The van der Waals surface area contributed by atoms with E-state index in [1.54, 1.807) is 0 Å². The average molecular weight is 394 g/mol. The lowest BCUT2D eigenvalue weighted by molar-refractivity contribution is -0.0726. The minimum absolute atomic E-state index is 0.0143. The van der Waals surface area contributed by atoms with Crippen molar-refractivity contribution in [1.82, 2.24) is 10.5 Å². The molecule has 0 fully saturated rings. The van der Waals surface area contributed by atoms with Crippen LogP contribution in [0.15, 0.2) is 53.8 Å². The summed E-state index contributed by atoms with van der Waals surface area (Å²) in [6.07, 6.45) is 0. The summed E-state index contributed by atoms with van der Waals surface area (Å²) in [6.45, 7) is 1.43. The molecule has 1 unspecified atom stereocenters. The van der Waals surface area contributed by atoms with Crippen molar-refractivity contribution in [3.63, 3.8) is 0 Å². The number of nitrogens with one attached hydrogen (secondary N) is 1. The lowest BCUT2D eigenvalue weighted by atomic mass is 9.91. The summed E-state index contributed by atoms with van der Waals surface area (Å²) in [7, 11) is 0. The molecule has 0 aliphatic carbocycles. The molecule has 0 saturated heterocycles. The van der Waals surface area contributed by atoms with Crippen molar-refractivity contribution >= 4 is 23.4 Å². The predicted molar refractivity (Wildman–Crippen MR) is 93.2 cm³/mol. The van der Waals surface area contributed by atoms with E-state index in [1.165, 1.54) is 37.3 Å². The summed E-state index contributed by atoms with van der Waals surface area (Å²) in [6, 6.07) is 6.69. The lowest BCUT2D eigenvalue weighted by Gasteiger charge is -2.25. The van der Waals surface area contributed by atoms with Crippen LogP contribution in [0.5, 0.6) is 0 Å². The highest BCUT2D eigenvalue weighted by Gasteiger charge is 2.43. The fourth-order valence-electron chi connectivity index (χ4n) is 2.88. The number of benzene rings is 2.